The van der Waals surface area contributed by atoms with Gasteiger partial charge in [0, 0.05) is 22.1 Å². The third-order valence-corrected chi connectivity index (χ3v) is 8.84. The molecule has 9 aromatic rings. The molecule has 9 rings (SSSR count). The Hall–Kier alpha value is -5.86. The van der Waals surface area contributed by atoms with Crippen LogP contribution < -0.4 is 4.90 Å². The molecule has 2 heteroatoms. The zero-order chi connectivity index (χ0) is 29.0. The summed E-state index contributed by atoms with van der Waals surface area (Å²) >= 11 is 0. The Balaban J connectivity index is 1.29. The highest BCUT2D eigenvalue weighted by Gasteiger charge is 2.20. The molecule has 2 nitrogen and oxygen atoms in total. The van der Waals surface area contributed by atoms with Crippen LogP contribution in [0, 0.1) is 0 Å². The van der Waals surface area contributed by atoms with Crippen molar-refractivity contribution in [2.45, 2.75) is 0 Å². The molecular formula is C42H27NO. The van der Waals surface area contributed by atoms with Crippen molar-refractivity contribution in [3.63, 3.8) is 0 Å². The summed E-state index contributed by atoms with van der Waals surface area (Å²) in [5.74, 6) is 0. The van der Waals surface area contributed by atoms with Gasteiger partial charge in [-0.25, -0.2) is 0 Å². The Labute approximate surface area is 255 Å². The fourth-order valence-electron chi connectivity index (χ4n) is 6.71. The van der Waals surface area contributed by atoms with E-state index < -0.39 is 0 Å². The van der Waals surface area contributed by atoms with E-state index in [9.17, 15) is 0 Å². The van der Waals surface area contributed by atoms with Gasteiger partial charge in [-0.3, -0.25) is 0 Å². The lowest BCUT2D eigenvalue weighted by atomic mass is 9.96. The van der Waals surface area contributed by atoms with Crippen LogP contribution in [-0.2, 0) is 0 Å². The molecule has 0 radical (unpaired) electrons. The van der Waals surface area contributed by atoms with Gasteiger partial charge in [0.2, 0.25) is 0 Å². The van der Waals surface area contributed by atoms with E-state index in [0.717, 1.165) is 39.0 Å². The average Bonchev–Trinajstić information content (AvgIpc) is 3.48. The summed E-state index contributed by atoms with van der Waals surface area (Å²) in [5.41, 5.74) is 7.33. The standard InChI is InChI=1S/C42H27NO/c1-2-9-28(10-3-1)29-17-22-32(23-18-29)43(40-15-8-14-38-37-13-6-7-16-41(37)44-42(38)40)33-24-19-31-21-25-35-34-12-5-4-11-30(34)20-26-36(35)39(31)27-33/h1-27H. The first-order valence-corrected chi connectivity index (χ1v) is 15.0. The normalized spacial score (nSPS) is 11.6. The largest absolute Gasteiger partial charge is 0.454 e. The summed E-state index contributed by atoms with van der Waals surface area (Å²) in [6.07, 6.45) is 0. The van der Waals surface area contributed by atoms with E-state index in [2.05, 4.69) is 157 Å². The number of anilines is 3. The maximum atomic E-state index is 6.56. The summed E-state index contributed by atoms with van der Waals surface area (Å²) in [7, 11) is 0. The van der Waals surface area contributed by atoms with Gasteiger partial charge in [-0.1, -0.05) is 127 Å². The summed E-state index contributed by atoms with van der Waals surface area (Å²) in [5, 5.41) is 9.74. The van der Waals surface area contributed by atoms with Crippen LogP contribution in [0.15, 0.2) is 168 Å². The lowest BCUT2D eigenvalue weighted by Gasteiger charge is -2.26. The smallest absolute Gasteiger partial charge is 0.159 e. The molecule has 44 heavy (non-hydrogen) atoms. The number of nitrogens with zero attached hydrogens (tertiary/aromatic N) is 1. The summed E-state index contributed by atoms with van der Waals surface area (Å²) in [6.45, 7) is 0. The van der Waals surface area contributed by atoms with Gasteiger partial charge in [-0.05, 0) is 79.8 Å². The highest BCUT2D eigenvalue weighted by Crippen LogP contribution is 2.44. The van der Waals surface area contributed by atoms with Crippen LogP contribution in [0.5, 0.6) is 0 Å². The van der Waals surface area contributed by atoms with E-state index in [4.69, 9.17) is 4.42 Å². The van der Waals surface area contributed by atoms with Gasteiger partial charge in [-0.15, -0.1) is 0 Å². The Morgan fingerprint density at radius 3 is 1.82 bits per heavy atom. The fourth-order valence-corrected chi connectivity index (χ4v) is 6.71. The minimum absolute atomic E-state index is 0.879. The Morgan fingerprint density at radius 2 is 0.977 bits per heavy atom. The van der Waals surface area contributed by atoms with Gasteiger partial charge in [0.25, 0.3) is 0 Å². The molecule has 1 heterocycles. The van der Waals surface area contributed by atoms with E-state index >= 15 is 0 Å². The number of furan rings is 1. The lowest BCUT2D eigenvalue weighted by Crippen LogP contribution is -2.10. The number of hydrogen-bond acceptors (Lipinski definition) is 2. The zero-order valence-electron chi connectivity index (χ0n) is 23.9. The first-order chi connectivity index (χ1) is 21.8. The second kappa shape index (κ2) is 9.86. The summed E-state index contributed by atoms with van der Waals surface area (Å²) in [4.78, 5) is 2.33. The predicted molar refractivity (Wildman–Crippen MR) is 186 cm³/mol. The highest BCUT2D eigenvalue weighted by atomic mass is 16.3. The zero-order valence-corrected chi connectivity index (χ0v) is 23.9. The maximum Gasteiger partial charge on any atom is 0.159 e. The van der Waals surface area contributed by atoms with Gasteiger partial charge >= 0.3 is 0 Å². The van der Waals surface area contributed by atoms with E-state index in [0.29, 0.717) is 0 Å². The van der Waals surface area contributed by atoms with Crippen LogP contribution >= 0.6 is 0 Å². The Kier molecular flexibility index (Phi) is 5.54. The van der Waals surface area contributed by atoms with Gasteiger partial charge < -0.3 is 9.32 Å². The molecular weight excluding hydrogens is 534 g/mol. The minimum Gasteiger partial charge on any atom is -0.454 e. The second-order valence-corrected chi connectivity index (χ2v) is 11.4. The predicted octanol–water partition coefficient (Wildman–Crippen LogP) is 12.2. The van der Waals surface area contributed by atoms with Gasteiger partial charge in [0.1, 0.15) is 5.58 Å². The monoisotopic (exact) mass is 561 g/mol. The van der Waals surface area contributed by atoms with E-state index in [1.165, 1.54) is 43.4 Å². The van der Waals surface area contributed by atoms with Crippen LogP contribution in [0.1, 0.15) is 0 Å². The van der Waals surface area contributed by atoms with Crippen molar-refractivity contribution in [1.29, 1.82) is 0 Å². The van der Waals surface area contributed by atoms with Gasteiger partial charge in [-0.2, -0.15) is 0 Å². The van der Waals surface area contributed by atoms with E-state index in [-0.39, 0.29) is 0 Å². The topological polar surface area (TPSA) is 16.4 Å². The second-order valence-electron chi connectivity index (χ2n) is 11.4. The van der Waals surface area contributed by atoms with Crippen LogP contribution in [0.4, 0.5) is 17.1 Å². The molecule has 0 bridgehead atoms. The van der Waals surface area contributed by atoms with Crippen molar-refractivity contribution < 1.29 is 4.42 Å². The van der Waals surface area contributed by atoms with Crippen molar-refractivity contribution >= 4 is 71.3 Å². The first kappa shape index (κ1) is 24.7. The molecule has 206 valence electrons. The maximum absolute atomic E-state index is 6.56. The fraction of sp³-hybridized carbons (Fsp3) is 0. The molecule has 0 aliphatic rings. The molecule has 0 N–H and O–H groups in total. The molecule has 8 aromatic carbocycles. The van der Waals surface area contributed by atoms with Crippen molar-refractivity contribution in [3.8, 4) is 11.1 Å². The lowest BCUT2D eigenvalue weighted by molar-refractivity contribution is 0.669. The molecule has 0 aliphatic heterocycles. The van der Waals surface area contributed by atoms with Crippen LogP contribution in [0.2, 0.25) is 0 Å². The van der Waals surface area contributed by atoms with E-state index in [1.807, 2.05) is 12.1 Å². The van der Waals surface area contributed by atoms with Crippen molar-refractivity contribution in [1.82, 2.24) is 0 Å². The van der Waals surface area contributed by atoms with Crippen LogP contribution in [-0.4, -0.2) is 0 Å². The van der Waals surface area contributed by atoms with Crippen LogP contribution in [0.3, 0.4) is 0 Å². The SMILES string of the molecule is c1ccc(-c2ccc(N(c3ccc4ccc5c6ccccc6ccc5c4c3)c3cccc4c3oc3ccccc34)cc2)cc1. The molecule has 0 atom stereocenters. The molecule has 0 saturated heterocycles. The number of hydrogen-bond donors (Lipinski definition) is 0. The van der Waals surface area contributed by atoms with Crippen molar-refractivity contribution in [2.24, 2.45) is 0 Å². The molecule has 0 amide bonds. The number of para-hydroxylation sites is 2. The number of rotatable bonds is 4. The third-order valence-electron chi connectivity index (χ3n) is 8.84. The quantitative estimate of drug-likeness (QED) is 0.199. The minimum atomic E-state index is 0.879. The number of fused-ring (bicyclic) bond motifs is 8. The van der Waals surface area contributed by atoms with Gasteiger partial charge in [0.05, 0.1) is 5.69 Å². The van der Waals surface area contributed by atoms with E-state index in [1.54, 1.807) is 0 Å². The Bertz CT molecular complexity index is 2490. The first-order valence-electron chi connectivity index (χ1n) is 15.0. The van der Waals surface area contributed by atoms with Crippen molar-refractivity contribution in [2.75, 3.05) is 4.90 Å². The van der Waals surface area contributed by atoms with Crippen molar-refractivity contribution in [3.05, 3.63) is 164 Å². The molecule has 0 aliphatic carbocycles. The molecule has 1 aromatic heterocycles. The summed E-state index contributed by atoms with van der Waals surface area (Å²) in [6, 6.07) is 58.5. The summed E-state index contributed by atoms with van der Waals surface area (Å²) < 4.78 is 6.56. The number of benzene rings is 8. The molecule has 0 fully saturated rings. The molecule has 0 unspecified atom stereocenters. The third kappa shape index (κ3) is 3.89. The Morgan fingerprint density at radius 1 is 0.364 bits per heavy atom. The average molecular weight is 562 g/mol. The van der Waals surface area contributed by atoms with Crippen LogP contribution in [0.25, 0.3) is 65.4 Å². The van der Waals surface area contributed by atoms with Gasteiger partial charge in [0.15, 0.2) is 5.58 Å². The molecule has 0 saturated carbocycles. The highest BCUT2D eigenvalue weighted by molar-refractivity contribution is 6.18. The molecule has 0 spiro atoms.